The molecule has 2 unspecified atom stereocenters. The predicted octanol–water partition coefficient (Wildman–Crippen LogP) is 1.62. The van der Waals surface area contributed by atoms with Crippen LogP contribution in [0.3, 0.4) is 0 Å². The van der Waals surface area contributed by atoms with Crippen molar-refractivity contribution in [3.05, 3.63) is 23.8 Å². The van der Waals surface area contributed by atoms with E-state index < -0.39 is 5.97 Å². The highest BCUT2D eigenvalue weighted by atomic mass is 16.4. The van der Waals surface area contributed by atoms with E-state index in [4.69, 9.17) is 5.11 Å². The second-order valence-electron chi connectivity index (χ2n) is 3.93. The lowest BCUT2D eigenvalue weighted by Crippen LogP contribution is -2.32. The van der Waals surface area contributed by atoms with Crippen LogP contribution in [-0.4, -0.2) is 21.0 Å². The summed E-state index contributed by atoms with van der Waals surface area (Å²) in [5.74, 6) is -0.300. The molecule has 1 saturated carbocycles. The van der Waals surface area contributed by atoms with E-state index in [1.165, 1.54) is 0 Å². The van der Waals surface area contributed by atoms with Crippen molar-refractivity contribution in [1.82, 2.24) is 9.97 Å². The fourth-order valence-electron chi connectivity index (χ4n) is 1.84. The van der Waals surface area contributed by atoms with Crippen molar-refractivity contribution >= 4 is 5.97 Å². The summed E-state index contributed by atoms with van der Waals surface area (Å²) in [4.78, 5) is 19.3. The van der Waals surface area contributed by atoms with Crippen LogP contribution in [0, 0.1) is 5.92 Å². The first-order chi connectivity index (χ1) is 7.22. The van der Waals surface area contributed by atoms with Crippen molar-refractivity contribution in [1.29, 1.82) is 0 Å². The fourth-order valence-corrected chi connectivity index (χ4v) is 1.84. The van der Waals surface area contributed by atoms with Gasteiger partial charge in [-0.05, 0) is 24.8 Å². The van der Waals surface area contributed by atoms with Gasteiger partial charge in [-0.3, -0.25) is 4.79 Å². The van der Waals surface area contributed by atoms with E-state index in [1.54, 1.807) is 12.4 Å². The number of aryl methyl sites for hydroxylation is 1. The second-order valence-corrected chi connectivity index (χ2v) is 3.93. The van der Waals surface area contributed by atoms with E-state index in [0.29, 0.717) is 5.82 Å². The number of carboxylic acid groups (broad SMARTS) is 1. The molecule has 80 valence electrons. The van der Waals surface area contributed by atoms with E-state index in [0.717, 1.165) is 24.8 Å². The van der Waals surface area contributed by atoms with Gasteiger partial charge < -0.3 is 5.11 Å². The van der Waals surface area contributed by atoms with Gasteiger partial charge in [0.15, 0.2) is 0 Å². The van der Waals surface area contributed by atoms with Crippen LogP contribution in [0.25, 0.3) is 0 Å². The number of aromatic nitrogens is 2. The number of hydrogen-bond acceptors (Lipinski definition) is 3. The van der Waals surface area contributed by atoms with E-state index in [1.807, 2.05) is 6.92 Å². The van der Waals surface area contributed by atoms with Gasteiger partial charge in [0.25, 0.3) is 0 Å². The maximum absolute atomic E-state index is 10.8. The van der Waals surface area contributed by atoms with Crippen molar-refractivity contribution < 1.29 is 9.90 Å². The average molecular weight is 206 g/mol. The zero-order valence-corrected chi connectivity index (χ0v) is 8.68. The van der Waals surface area contributed by atoms with Crippen LogP contribution in [0.1, 0.15) is 37.1 Å². The molecular weight excluding hydrogens is 192 g/mol. The first-order valence-electron chi connectivity index (χ1n) is 5.26. The lowest BCUT2D eigenvalue weighted by molar-refractivity contribution is -0.145. The SMILES string of the molecule is CCc1cnc(C2CCC2C(=O)O)nc1. The van der Waals surface area contributed by atoms with Crippen molar-refractivity contribution in [3.63, 3.8) is 0 Å². The first kappa shape index (κ1) is 10.1. The molecule has 15 heavy (non-hydrogen) atoms. The fraction of sp³-hybridized carbons (Fsp3) is 0.545. The topological polar surface area (TPSA) is 63.1 Å². The van der Waals surface area contributed by atoms with Gasteiger partial charge in [0.05, 0.1) is 5.92 Å². The number of rotatable bonds is 3. The summed E-state index contributed by atoms with van der Waals surface area (Å²) in [5, 5.41) is 8.91. The molecule has 1 N–H and O–H groups in total. The zero-order chi connectivity index (χ0) is 10.8. The van der Waals surface area contributed by atoms with Crippen LogP contribution in [0.2, 0.25) is 0 Å². The minimum atomic E-state index is -0.727. The van der Waals surface area contributed by atoms with Gasteiger partial charge in [-0.25, -0.2) is 9.97 Å². The number of nitrogens with zero attached hydrogens (tertiary/aromatic N) is 2. The molecule has 2 atom stereocenters. The number of aliphatic carboxylic acids is 1. The molecule has 0 aromatic carbocycles. The smallest absolute Gasteiger partial charge is 0.307 e. The molecule has 1 aliphatic rings. The minimum Gasteiger partial charge on any atom is -0.481 e. The Labute approximate surface area is 88.4 Å². The Bertz CT molecular complexity index is 361. The molecule has 0 radical (unpaired) electrons. The Hall–Kier alpha value is -1.45. The second kappa shape index (κ2) is 3.96. The van der Waals surface area contributed by atoms with Crippen LogP contribution in [0.5, 0.6) is 0 Å². The third-order valence-corrected chi connectivity index (χ3v) is 3.06. The van der Waals surface area contributed by atoms with Crippen molar-refractivity contribution in [3.8, 4) is 0 Å². The maximum atomic E-state index is 10.8. The first-order valence-corrected chi connectivity index (χ1v) is 5.26. The number of carbonyl (C=O) groups is 1. The molecule has 4 nitrogen and oxygen atoms in total. The summed E-state index contributed by atoms with van der Waals surface area (Å²) < 4.78 is 0. The van der Waals surface area contributed by atoms with Gasteiger partial charge in [0.2, 0.25) is 0 Å². The molecule has 1 heterocycles. The maximum Gasteiger partial charge on any atom is 0.307 e. The highest BCUT2D eigenvalue weighted by Gasteiger charge is 2.39. The summed E-state index contributed by atoms with van der Waals surface area (Å²) in [6.07, 6.45) is 6.13. The Morgan fingerprint density at radius 1 is 1.47 bits per heavy atom. The molecular formula is C11H14N2O2. The third-order valence-electron chi connectivity index (χ3n) is 3.06. The lowest BCUT2D eigenvalue weighted by Gasteiger charge is -2.31. The number of hydrogen-bond donors (Lipinski definition) is 1. The van der Waals surface area contributed by atoms with Crippen LogP contribution >= 0.6 is 0 Å². The molecule has 0 saturated heterocycles. The van der Waals surface area contributed by atoms with Gasteiger partial charge in [-0.1, -0.05) is 6.92 Å². The Morgan fingerprint density at radius 3 is 2.53 bits per heavy atom. The van der Waals surface area contributed by atoms with Crippen molar-refractivity contribution in [2.24, 2.45) is 5.92 Å². The average Bonchev–Trinajstić information content (AvgIpc) is 2.16. The Morgan fingerprint density at radius 2 is 2.13 bits per heavy atom. The van der Waals surface area contributed by atoms with Gasteiger partial charge >= 0.3 is 5.97 Å². The molecule has 1 aliphatic carbocycles. The molecule has 0 bridgehead atoms. The van der Waals surface area contributed by atoms with Crippen LogP contribution in [0.15, 0.2) is 12.4 Å². The van der Waals surface area contributed by atoms with Gasteiger partial charge in [-0.2, -0.15) is 0 Å². The van der Waals surface area contributed by atoms with E-state index in [2.05, 4.69) is 9.97 Å². The molecule has 2 rings (SSSR count). The molecule has 0 spiro atoms. The predicted molar refractivity (Wildman–Crippen MR) is 54.5 cm³/mol. The van der Waals surface area contributed by atoms with E-state index in [9.17, 15) is 4.79 Å². The molecule has 1 aromatic rings. The quantitative estimate of drug-likeness (QED) is 0.816. The standard InChI is InChI=1S/C11H14N2O2/c1-2-7-5-12-10(13-6-7)8-3-4-9(8)11(14)15/h5-6,8-9H,2-4H2,1H3,(H,14,15). The monoisotopic (exact) mass is 206 g/mol. The van der Waals surface area contributed by atoms with E-state index >= 15 is 0 Å². The van der Waals surface area contributed by atoms with Crippen LogP contribution in [0.4, 0.5) is 0 Å². The van der Waals surface area contributed by atoms with Crippen molar-refractivity contribution in [2.45, 2.75) is 32.1 Å². The summed E-state index contributed by atoms with van der Waals surface area (Å²) in [6, 6.07) is 0. The molecule has 1 fully saturated rings. The summed E-state index contributed by atoms with van der Waals surface area (Å²) >= 11 is 0. The molecule has 0 aliphatic heterocycles. The van der Waals surface area contributed by atoms with Crippen molar-refractivity contribution in [2.75, 3.05) is 0 Å². The highest BCUT2D eigenvalue weighted by Crippen LogP contribution is 2.40. The molecule has 0 amide bonds. The Balaban J connectivity index is 2.13. The largest absolute Gasteiger partial charge is 0.481 e. The number of carboxylic acids is 1. The van der Waals surface area contributed by atoms with Gasteiger partial charge in [0, 0.05) is 18.3 Å². The summed E-state index contributed by atoms with van der Waals surface area (Å²) in [7, 11) is 0. The van der Waals surface area contributed by atoms with Gasteiger partial charge in [-0.15, -0.1) is 0 Å². The van der Waals surface area contributed by atoms with Gasteiger partial charge in [0.1, 0.15) is 5.82 Å². The lowest BCUT2D eigenvalue weighted by atomic mass is 9.73. The highest BCUT2D eigenvalue weighted by molar-refractivity contribution is 5.72. The van der Waals surface area contributed by atoms with Crippen LogP contribution in [-0.2, 0) is 11.2 Å². The van der Waals surface area contributed by atoms with E-state index in [-0.39, 0.29) is 11.8 Å². The summed E-state index contributed by atoms with van der Waals surface area (Å²) in [6.45, 7) is 2.04. The minimum absolute atomic E-state index is 0.0217. The Kier molecular flexibility index (Phi) is 2.66. The normalized spacial score (nSPS) is 24.6. The molecule has 1 aromatic heterocycles. The third kappa shape index (κ3) is 1.84. The molecule has 4 heteroatoms. The zero-order valence-electron chi connectivity index (χ0n) is 8.68. The van der Waals surface area contributed by atoms with Crippen LogP contribution < -0.4 is 0 Å². The summed E-state index contributed by atoms with van der Waals surface area (Å²) in [5.41, 5.74) is 1.09.